The van der Waals surface area contributed by atoms with Gasteiger partial charge in [-0.25, -0.2) is 0 Å². The van der Waals surface area contributed by atoms with Crippen molar-refractivity contribution in [1.29, 1.82) is 5.41 Å². The Kier molecular flexibility index (Phi) is 2.63. The normalized spacial score (nSPS) is 33.9. The summed E-state index contributed by atoms with van der Waals surface area (Å²) in [6, 6.07) is 1.05. The van der Waals surface area contributed by atoms with Gasteiger partial charge in [-0.3, -0.25) is 10.3 Å². The van der Waals surface area contributed by atoms with Gasteiger partial charge in [-0.05, 0) is 26.3 Å². The van der Waals surface area contributed by atoms with Crippen LogP contribution in [0, 0.1) is 5.41 Å². The van der Waals surface area contributed by atoms with Crippen LogP contribution in [-0.4, -0.2) is 47.5 Å². The van der Waals surface area contributed by atoms with E-state index in [4.69, 9.17) is 11.1 Å². The molecule has 3 N–H and O–H groups in total. The molecule has 2 heterocycles. The quantitative estimate of drug-likeness (QED) is 0.436. The third-order valence-corrected chi connectivity index (χ3v) is 3.50. The molecule has 0 bridgehead atoms. The van der Waals surface area contributed by atoms with Gasteiger partial charge < -0.3 is 10.6 Å². The molecule has 0 amide bonds. The van der Waals surface area contributed by atoms with Gasteiger partial charge in [0.25, 0.3) is 0 Å². The van der Waals surface area contributed by atoms with Crippen molar-refractivity contribution in [3.05, 3.63) is 0 Å². The summed E-state index contributed by atoms with van der Waals surface area (Å²) in [5, 5.41) is 7.51. The van der Waals surface area contributed by atoms with E-state index in [0.29, 0.717) is 12.1 Å². The Labute approximate surface area is 85.6 Å². The third kappa shape index (κ3) is 1.71. The number of piperazine rings is 1. The number of piperidine rings is 1. The van der Waals surface area contributed by atoms with Crippen molar-refractivity contribution in [2.24, 2.45) is 5.73 Å². The van der Waals surface area contributed by atoms with Crippen LogP contribution in [0.2, 0.25) is 0 Å². The Morgan fingerprint density at radius 3 is 2.86 bits per heavy atom. The number of nitrogens with one attached hydrogen (secondary N) is 1. The Bertz CT molecular complexity index is 228. The van der Waals surface area contributed by atoms with Gasteiger partial charge in [0.1, 0.15) is 0 Å². The SMILES string of the molecule is CC1CN2CCCCC2CN1C(=N)N. The number of fused-ring (bicyclic) bond motifs is 1. The van der Waals surface area contributed by atoms with Gasteiger partial charge in [0.2, 0.25) is 0 Å². The van der Waals surface area contributed by atoms with E-state index >= 15 is 0 Å². The van der Waals surface area contributed by atoms with Gasteiger partial charge in [0, 0.05) is 25.2 Å². The molecule has 2 unspecified atom stereocenters. The second-order valence-electron chi connectivity index (χ2n) is 4.53. The lowest BCUT2D eigenvalue weighted by Crippen LogP contribution is -2.61. The summed E-state index contributed by atoms with van der Waals surface area (Å²) in [4.78, 5) is 4.60. The number of guanidine groups is 1. The van der Waals surface area contributed by atoms with Crippen molar-refractivity contribution < 1.29 is 0 Å². The number of nitrogens with zero attached hydrogens (tertiary/aromatic N) is 2. The molecule has 0 aromatic heterocycles. The summed E-state index contributed by atoms with van der Waals surface area (Å²) in [6.07, 6.45) is 3.95. The van der Waals surface area contributed by atoms with Crippen LogP contribution in [0.4, 0.5) is 0 Å². The average molecular weight is 196 g/mol. The van der Waals surface area contributed by atoms with E-state index in [1.807, 2.05) is 4.90 Å². The first-order chi connectivity index (χ1) is 6.68. The lowest BCUT2D eigenvalue weighted by Gasteiger charge is -2.47. The molecule has 4 heteroatoms. The number of hydrogen-bond acceptors (Lipinski definition) is 2. The summed E-state index contributed by atoms with van der Waals surface area (Å²) in [6.45, 7) is 5.42. The van der Waals surface area contributed by atoms with Crippen LogP contribution >= 0.6 is 0 Å². The predicted molar refractivity (Wildman–Crippen MR) is 57.3 cm³/mol. The minimum Gasteiger partial charge on any atom is -0.370 e. The maximum absolute atomic E-state index is 7.51. The van der Waals surface area contributed by atoms with Crippen LogP contribution in [0.1, 0.15) is 26.2 Å². The smallest absolute Gasteiger partial charge is 0.188 e. The lowest BCUT2D eigenvalue weighted by molar-refractivity contribution is 0.0494. The molecule has 2 aliphatic rings. The molecule has 2 atom stereocenters. The first kappa shape index (κ1) is 9.77. The van der Waals surface area contributed by atoms with Crippen molar-refractivity contribution in [1.82, 2.24) is 9.80 Å². The predicted octanol–water partition coefficient (Wildman–Crippen LogP) is 0.438. The second kappa shape index (κ2) is 3.77. The number of hydrogen-bond donors (Lipinski definition) is 2. The summed E-state index contributed by atoms with van der Waals surface area (Å²) in [7, 11) is 0. The standard InChI is InChI=1S/C10H20N4/c1-8-6-13-5-3-2-4-9(13)7-14(8)10(11)12/h8-9H,2-7H2,1H3,(H3,11,12). The van der Waals surface area contributed by atoms with Gasteiger partial charge in [-0.2, -0.15) is 0 Å². The Morgan fingerprint density at radius 2 is 2.14 bits per heavy atom. The number of rotatable bonds is 0. The van der Waals surface area contributed by atoms with Gasteiger partial charge in [0.05, 0.1) is 0 Å². The van der Waals surface area contributed by atoms with Crippen LogP contribution in [-0.2, 0) is 0 Å². The van der Waals surface area contributed by atoms with Crippen molar-refractivity contribution in [2.45, 2.75) is 38.3 Å². The zero-order valence-corrected chi connectivity index (χ0v) is 8.87. The molecule has 80 valence electrons. The van der Waals surface area contributed by atoms with Gasteiger partial charge in [0.15, 0.2) is 5.96 Å². The van der Waals surface area contributed by atoms with Crippen LogP contribution in [0.5, 0.6) is 0 Å². The van der Waals surface area contributed by atoms with Gasteiger partial charge >= 0.3 is 0 Å². The van der Waals surface area contributed by atoms with Crippen molar-refractivity contribution >= 4 is 5.96 Å². The summed E-state index contributed by atoms with van der Waals surface area (Å²) in [5.41, 5.74) is 5.57. The molecule has 0 aromatic rings. The fraction of sp³-hybridized carbons (Fsp3) is 0.900. The fourth-order valence-corrected chi connectivity index (χ4v) is 2.69. The van der Waals surface area contributed by atoms with E-state index in [-0.39, 0.29) is 5.96 Å². The summed E-state index contributed by atoms with van der Waals surface area (Å²) in [5.74, 6) is 0.239. The molecule has 2 saturated heterocycles. The highest BCUT2D eigenvalue weighted by Crippen LogP contribution is 2.23. The fourth-order valence-electron chi connectivity index (χ4n) is 2.69. The molecular weight excluding hydrogens is 176 g/mol. The highest BCUT2D eigenvalue weighted by Gasteiger charge is 2.33. The molecule has 0 saturated carbocycles. The van der Waals surface area contributed by atoms with E-state index in [1.165, 1.54) is 25.8 Å². The van der Waals surface area contributed by atoms with Crippen molar-refractivity contribution in [3.63, 3.8) is 0 Å². The first-order valence-corrected chi connectivity index (χ1v) is 5.53. The molecule has 4 nitrogen and oxygen atoms in total. The minimum atomic E-state index is 0.239. The van der Waals surface area contributed by atoms with E-state index in [1.54, 1.807) is 0 Å². The average Bonchev–Trinajstić information content (AvgIpc) is 2.16. The van der Waals surface area contributed by atoms with Crippen LogP contribution < -0.4 is 5.73 Å². The Morgan fingerprint density at radius 1 is 1.36 bits per heavy atom. The zero-order chi connectivity index (χ0) is 10.1. The first-order valence-electron chi connectivity index (χ1n) is 5.53. The molecule has 0 aromatic carbocycles. The number of nitrogens with two attached hydrogens (primary N) is 1. The van der Waals surface area contributed by atoms with Crippen LogP contribution in [0.15, 0.2) is 0 Å². The second-order valence-corrected chi connectivity index (χ2v) is 4.53. The van der Waals surface area contributed by atoms with Gasteiger partial charge in [-0.15, -0.1) is 0 Å². The van der Waals surface area contributed by atoms with Crippen molar-refractivity contribution in [3.8, 4) is 0 Å². The minimum absolute atomic E-state index is 0.239. The van der Waals surface area contributed by atoms with Crippen LogP contribution in [0.3, 0.4) is 0 Å². The van der Waals surface area contributed by atoms with E-state index in [0.717, 1.165) is 13.1 Å². The van der Waals surface area contributed by atoms with Crippen LogP contribution in [0.25, 0.3) is 0 Å². The molecule has 2 rings (SSSR count). The molecule has 2 fully saturated rings. The summed E-state index contributed by atoms with van der Waals surface area (Å²) >= 11 is 0. The highest BCUT2D eigenvalue weighted by molar-refractivity contribution is 5.75. The molecule has 0 aliphatic carbocycles. The summed E-state index contributed by atoms with van der Waals surface area (Å²) < 4.78 is 0. The topological polar surface area (TPSA) is 56.4 Å². The molecular formula is C10H20N4. The largest absolute Gasteiger partial charge is 0.370 e. The molecule has 14 heavy (non-hydrogen) atoms. The maximum Gasteiger partial charge on any atom is 0.188 e. The van der Waals surface area contributed by atoms with E-state index < -0.39 is 0 Å². The lowest BCUT2D eigenvalue weighted by atomic mass is 9.97. The molecule has 0 spiro atoms. The molecule has 0 radical (unpaired) electrons. The van der Waals surface area contributed by atoms with E-state index in [2.05, 4.69) is 11.8 Å². The Balaban J connectivity index is 2.03. The molecule has 2 aliphatic heterocycles. The van der Waals surface area contributed by atoms with Gasteiger partial charge in [-0.1, -0.05) is 6.42 Å². The van der Waals surface area contributed by atoms with E-state index in [9.17, 15) is 0 Å². The van der Waals surface area contributed by atoms with Crippen molar-refractivity contribution in [2.75, 3.05) is 19.6 Å². The third-order valence-electron chi connectivity index (χ3n) is 3.50. The maximum atomic E-state index is 7.51. The zero-order valence-electron chi connectivity index (χ0n) is 8.87. The highest BCUT2D eigenvalue weighted by atomic mass is 15.3. The monoisotopic (exact) mass is 196 g/mol. The Hall–Kier alpha value is -0.770.